The summed E-state index contributed by atoms with van der Waals surface area (Å²) in [6, 6.07) is 36.1. The second-order valence-electron chi connectivity index (χ2n) is 19.1. The molecule has 4 aliphatic rings. The molecule has 0 aromatic heterocycles. The number of esters is 1. The predicted octanol–water partition coefficient (Wildman–Crippen LogP) is 14.3. The standard InChI is InChI=1S/C54H56F5N5O6S/c1-62(34-70-53(67)49-30-45(68-4)19-23-51(49)61-40-9-15-43(16-10-40)64(3)44-17-21-47(22-18-44)71(55,56,57,58)59)25-26-69-46-20-24-50(48(31-46)52(65)66)60-39-7-13-42(14-8-39)63(2)41-11-5-37(6-12-41)54-32-35-27-36(33-54)29-38(54)28-35/h5-24,30-31,35-36,38,60-61H,25-29,32-34H2,1-4H3,(H,65,66). The van der Waals surface area contributed by atoms with Crippen LogP contribution in [-0.2, 0) is 10.2 Å². The van der Waals surface area contributed by atoms with Gasteiger partial charge < -0.3 is 39.8 Å². The Kier molecular flexibility index (Phi) is 12.7. The van der Waals surface area contributed by atoms with Gasteiger partial charge in [-0.3, -0.25) is 4.90 Å². The molecule has 6 aromatic rings. The highest BCUT2D eigenvalue weighted by Gasteiger charge is 2.65. The number of rotatable bonds is 19. The van der Waals surface area contributed by atoms with Gasteiger partial charge in [0.05, 0.1) is 29.6 Å². The van der Waals surface area contributed by atoms with E-state index in [1.807, 2.05) is 24.3 Å². The average molecular weight is 998 g/mol. The lowest BCUT2D eigenvalue weighted by atomic mass is 9.71. The molecule has 4 aliphatic carbocycles. The van der Waals surface area contributed by atoms with Gasteiger partial charge in [-0.25, -0.2) is 9.59 Å². The van der Waals surface area contributed by atoms with Crippen molar-refractivity contribution in [1.82, 2.24) is 4.90 Å². The van der Waals surface area contributed by atoms with E-state index < -0.39 is 27.1 Å². The van der Waals surface area contributed by atoms with E-state index in [1.54, 1.807) is 67.5 Å². The smallest absolute Gasteiger partial charge is 0.341 e. The van der Waals surface area contributed by atoms with E-state index in [0.29, 0.717) is 58.3 Å². The molecule has 4 fully saturated rings. The highest BCUT2D eigenvalue weighted by Crippen LogP contribution is 3.02. The van der Waals surface area contributed by atoms with Crippen molar-refractivity contribution in [2.75, 3.05) is 68.6 Å². The second kappa shape index (κ2) is 18.3. The number of ether oxygens (including phenoxy) is 3. The molecular formula is C54H56F5N5O6S. The minimum atomic E-state index is -9.80. The number of carboxylic acids is 1. The van der Waals surface area contributed by atoms with E-state index in [1.165, 1.54) is 61.8 Å². The van der Waals surface area contributed by atoms with Crippen LogP contribution in [0.4, 0.5) is 64.9 Å². The number of nitrogens with zero attached hydrogens (tertiary/aromatic N) is 3. The van der Waals surface area contributed by atoms with E-state index in [2.05, 4.69) is 46.8 Å². The van der Waals surface area contributed by atoms with Crippen LogP contribution >= 0.6 is 10.2 Å². The normalized spacial score (nSPS) is 19.9. The zero-order valence-electron chi connectivity index (χ0n) is 39.7. The molecule has 0 saturated heterocycles. The molecule has 2 unspecified atom stereocenters. The summed E-state index contributed by atoms with van der Waals surface area (Å²) in [4.78, 5) is 29.3. The Bertz CT molecular complexity index is 2920. The van der Waals surface area contributed by atoms with Gasteiger partial charge >= 0.3 is 22.2 Å². The number of carbonyl (C=O) groups excluding carboxylic acids is 1. The number of methoxy groups -OCH3 is 1. The monoisotopic (exact) mass is 997 g/mol. The highest BCUT2D eigenvalue weighted by molar-refractivity contribution is 8.45. The van der Waals surface area contributed by atoms with Gasteiger partial charge in [0.15, 0.2) is 0 Å². The number of nitrogens with one attached hydrogen (secondary N) is 2. The summed E-state index contributed by atoms with van der Waals surface area (Å²) in [6.07, 6.45) is 6.92. The number of aromatic carboxylic acids is 1. The minimum Gasteiger partial charge on any atom is -0.497 e. The van der Waals surface area contributed by atoms with E-state index in [-0.39, 0.29) is 30.2 Å². The first-order chi connectivity index (χ1) is 33.6. The van der Waals surface area contributed by atoms with Crippen LogP contribution in [0.25, 0.3) is 0 Å². The van der Waals surface area contributed by atoms with Crippen molar-refractivity contribution in [1.29, 1.82) is 0 Å². The third-order valence-corrected chi connectivity index (χ3v) is 15.5. The zero-order chi connectivity index (χ0) is 50.4. The Labute approximate surface area is 409 Å². The lowest BCUT2D eigenvalue weighted by Gasteiger charge is -2.40. The molecule has 2 atom stereocenters. The second-order valence-corrected chi connectivity index (χ2v) is 21.5. The van der Waals surface area contributed by atoms with Crippen molar-refractivity contribution < 1.29 is 48.3 Å². The molecule has 4 bridgehead atoms. The molecule has 0 amide bonds. The van der Waals surface area contributed by atoms with Gasteiger partial charge in [-0.15, -0.1) is 0 Å². The van der Waals surface area contributed by atoms with Crippen LogP contribution in [0.5, 0.6) is 11.5 Å². The first-order valence-electron chi connectivity index (χ1n) is 23.3. The predicted molar refractivity (Wildman–Crippen MR) is 270 cm³/mol. The van der Waals surface area contributed by atoms with Gasteiger partial charge in [0.1, 0.15) is 29.7 Å². The molecule has 0 radical (unpaired) electrons. The summed E-state index contributed by atoms with van der Waals surface area (Å²) in [7, 11) is -2.97. The lowest BCUT2D eigenvalue weighted by molar-refractivity contribution is 0.0251. The number of halogens is 5. The molecule has 0 aliphatic heterocycles. The van der Waals surface area contributed by atoms with Crippen LogP contribution in [0.1, 0.15) is 58.4 Å². The van der Waals surface area contributed by atoms with Crippen molar-refractivity contribution in [3.05, 3.63) is 150 Å². The largest absolute Gasteiger partial charge is 0.497 e. The van der Waals surface area contributed by atoms with Crippen LogP contribution < -0.4 is 29.9 Å². The maximum absolute atomic E-state index is 13.4. The Balaban J connectivity index is 0.755. The number of hydrogen-bond acceptors (Lipinski definition) is 10. The zero-order valence-corrected chi connectivity index (χ0v) is 40.5. The summed E-state index contributed by atoms with van der Waals surface area (Å²) in [5.74, 6) is 1.66. The van der Waals surface area contributed by atoms with Gasteiger partial charge in [-0.05, 0) is 189 Å². The van der Waals surface area contributed by atoms with Gasteiger partial charge in [-0.2, -0.15) is 0 Å². The number of carboxylic acid groups (broad SMARTS) is 1. The van der Waals surface area contributed by atoms with Crippen LogP contribution in [0.15, 0.2) is 138 Å². The third-order valence-electron chi connectivity index (χ3n) is 14.4. The van der Waals surface area contributed by atoms with Crippen molar-refractivity contribution in [3.63, 3.8) is 0 Å². The van der Waals surface area contributed by atoms with Gasteiger partial charge in [-0.1, -0.05) is 31.6 Å². The SMILES string of the molecule is COc1ccc(Nc2ccc(N(C)c3ccc(S(F)(F)(F)(F)F)cc3)cc2)c(C(=O)OCN(C)CCOc2ccc(Nc3ccc(N(C)c4ccc(C56CC7CC(CC5C7)C6)cc4)cc3)c(C(=O)O)c2)c1. The molecule has 374 valence electrons. The van der Waals surface area contributed by atoms with E-state index in [9.17, 15) is 34.1 Å². The molecule has 3 N–H and O–H groups in total. The maximum atomic E-state index is 13.4. The Morgan fingerprint density at radius 1 is 0.648 bits per heavy atom. The van der Waals surface area contributed by atoms with Crippen molar-refractivity contribution >= 4 is 67.7 Å². The van der Waals surface area contributed by atoms with E-state index in [0.717, 1.165) is 46.9 Å². The van der Waals surface area contributed by atoms with Crippen LogP contribution in [-0.4, -0.2) is 70.1 Å². The van der Waals surface area contributed by atoms with E-state index in [4.69, 9.17) is 14.2 Å². The van der Waals surface area contributed by atoms with Crippen molar-refractivity contribution in [3.8, 4) is 11.5 Å². The first kappa shape index (κ1) is 49.0. The van der Waals surface area contributed by atoms with Crippen molar-refractivity contribution in [2.45, 2.75) is 42.4 Å². The topological polar surface area (TPSA) is 116 Å². The number of anilines is 8. The number of hydrogen-bond donors (Lipinski definition) is 3. The molecule has 11 nitrogen and oxygen atoms in total. The minimum absolute atomic E-state index is 0.0382. The van der Waals surface area contributed by atoms with Gasteiger partial charge in [0, 0.05) is 54.8 Å². The molecule has 17 heteroatoms. The summed E-state index contributed by atoms with van der Waals surface area (Å²) in [5.41, 5.74) is 7.14. The number of benzene rings is 6. The fourth-order valence-electron chi connectivity index (χ4n) is 10.8. The molecule has 0 spiro atoms. The average Bonchev–Trinajstić information content (AvgIpc) is 3.76. The molecular weight excluding hydrogens is 942 g/mol. The summed E-state index contributed by atoms with van der Waals surface area (Å²) >= 11 is 0. The number of likely N-dealkylation sites (N-methyl/N-ethyl adjacent to an activating group) is 1. The third kappa shape index (κ3) is 10.7. The van der Waals surface area contributed by atoms with Crippen LogP contribution in [0, 0.1) is 17.8 Å². The Morgan fingerprint density at radius 3 is 1.63 bits per heavy atom. The van der Waals surface area contributed by atoms with Crippen LogP contribution in [0.3, 0.4) is 0 Å². The molecule has 71 heavy (non-hydrogen) atoms. The summed E-state index contributed by atoms with van der Waals surface area (Å²) in [5, 5.41) is 16.5. The maximum Gasteiger partial charge on any atom is 0.341 e. The van der Waals surface area contributed by atoms with E-state index >= 15 is 0 Å². The van der Waals surface area contributed by atoms with Crippen molar-refractivity contribution in [2.24, 2.45) is 17.8 Å². The van der Waals surface area contributed by atoms with Gasteiger partial charge in [0.2, 0.25) is 0 Å². The quantitative estimate of drug-likeness (QED) is 0.0409. The van der Waals surface area contributed by atoms with Gasteiger partial charge in [0.25, 0.3) is 0 Å². The molecule has 0 heterocycles. The molecule has 10 rings (SSSR count). The summed E-state index contributed by atoms with van der Waals surface area (Å²) < 4.78 is 83.0. The fourth-order valence-corrected chi connectivity index (χ4v) is 11.5. The Morgan fingerprint density at radius 2 is 1.13 bits per heavy atom. The first-order valence-corrected chi connectivity index (χ1v) is 25.3. The highest BCUT2D eigenvalue weighted by atomic mass is 32.5. The fraction of sp³-hybridized carbons (Fsp3) is 0.296. The number of carbonyl (C=O) groups is 2. The lowest BCUT2D eigenvalue weighted by Crippen LogP contribution is -2.28. The molecule has 6 aromatic carbocycles. The summed E-state index contributed by atoms with van der Waals surface area (Å²) in [6.45, 7) is 0.384. The molecule has 4 saturated carbocycles. The van der Waals surface area contributed by atoms with Crippen LogP contribution in [0.2, 0.25) is 0 Å². The Hall–Kier alpha value is -6.98.